The largest absolute Gasteiger partial charge is 0.496 e. The maximum absolute atomic E-state index is 10.9. The molecule has 3 rings (SSSR count). The number of β-amino-alcohol motifs (C(OH)–C–C–N with tert-alkyl or cyclic N) is 1. The van der Waals surface area contributed by atoms with Crippen molar-refractivity contribution in [2.75, 3.05) is 26.7 Å². The topological polar surface area (TPSA) is 75.8 Å². The van der Waals surface area contributed by atoms with Gasteiger partial charge in [0.15, 0.2) is 0 Å². The normalized spacial score (nSPS) is 18.9. The number of aliphatic hydroxyl groups is 1. The Labute approximate surface area is 146 Å². The van der Waals surface area contributed by atoms with Gasteiger partial charge in [0.25, 0.3) is 5.69 Å². The van der Waals surface area contributed by atoms with E-state index >= 15 is 0 Å². The lowest BCUT2D eigenvalue weighted by molar-refractivity contribution is -0.385. The molecule has 1 N–H and O–H groups in total. The summed E-state index contributed by atoms with van der Waals surface area (Å²) in [6.45, 7) is 2.19. The number of para-hydroxylation sites is 1. The monoisotopic (exact) mass is 342 g/mol. The van der Waals surface area contributed by atoms with E-state index in [9.17, 15) is 15.2 Å². The number of nitro benzene ring substituents is 1. The number of methoxy groups -OCH3 is 1. The van der Waals surface area contributed by atoms with E-state index in [1.165, 1.54) is 17.7 Å². The van der Waals surface area contributed by atoms with Crippen molar-refractivity contribution < 1.29 is 14.8 Å². The predicted molar refractivity (Wildman–Crippen MR) is 94.8 cm³/mol. The Kier molecular flexibility index (Phi) is 5.31. The van der Waals surface area contributed by atoms with Crippen LogP contribution in [-0.4, -0.2) is 41.7 Å². The van der Waals surface area contributed by atoms with Gasteiger partial charge in [0.05, 0.1) is 18.1 Å². The van der Waals surface area contributed by atoms with Crippen molar-refractivity contribution in [1.82, 2.24) is 4.90 Å². The van der Waals surface area contributed by atoms with Gasteiger partial charge in [-0.05, 0) is 30.2 Å². The molecule has 2 aromatic carbocycles. The van der Waals surface area contributed by atoms with Crippen LogP contribution in [0.5, 0.6) is 5.75 Å². The number of non-ortho nitro benzene ring substituents is 1. The fourth-order valence-electron chi connectivity index (χ4n) is 3.45. The minimum Gasteiger partial charge on any atom is -0.496 e. The lowest BCUT2D eigenvalue weighted by Crippen LogP contribution is -2.26. The molecule has 132 valence electrons. The highest BCUT2D eigenvalue weighted by Gasteiger charge is 2.27. The predicted octanol–water partition coefficient (Wildman–Crippen LogP) is 3.13. The molecule has 0 aliphatic carbocycles. The van der Waals surface area contributed by atoms with Crippen LogP contribution in [-0.2, 0) is 0 Å². The fourth-order valence-corrected chi connectivity index (χ4v) is 3.45. The van der Waals surface area contributed by atoms with Crippen LogP contribution in [0.3, 0.4) is 0 Å². The molecule has 1 fully saturated rings. The number of benzene rings is 2. The van der Waals surface area contributed by atoms with Crippen LogP contribution in [0.2, 0.25) is 0 Å². The van der Waals surface area contributed by atoms with Crippen LogP contribution in [0, 0.1) is 10.1 Å². The molecule has 0 unspecified atom stereocenters. The van der Waals surface area contributed by atoms with E-state index in [0.29, 0.717) is 18.0 Å². The molecule has 25 heavy (non-hydrogen) atoms. The molecule has 1 saturated heterocycles. The second-order valence-corrected chi connectivity index (χ2v) is 6.36. The minimum absolute atomic E-state index is 0.00451. The van der Waals surface area contributed by atoms with Crippen LogP contribution in [0.1, 0.15) is 29.6 Å². The summed E-state index contributed by atoms with van der Waals surface area (Å²) in [4.78, 5) is 12.6. The SMILES string of the molecule is COc1ccccc1[C@H]1CCN(C[C@H](O)c2cccc([N+](=O)[O-])c2)C1. The molecule has 1 heterocycles. The van der Waals surface area contributed by atoms with E-state index in [0.717, 1.165) is 25.3 Å². The summed E-state index contributed by atoms with van der Waals surface area (Å²) in [5, 5.41) is 21.3. The quantitative estimate of drug-likeness (QED) is 0.645. The maximum atomic E-state index is 10.9. The zero-order chi connectivity index (χ0) is 17.8. The minimum atomic E-state index is -0.740. The average Bonchev–Trinajstić information content (AvgIpc) is 3.10. The number of nitro groups is 1. The van der Waals surface area contributed by atoms with Gasteiger partial charge in [0.2, 0.25) is 0 Å². The molecule has 6 nitrogen and oxygen atoms in total. The first-order chi connectivity index (χ1) is 12.1. The number of rotatable bonds is 6. The van der Waals surface area contributed by atoms with Gasteiger partial charge < -0.3 is 9.84 Å². The number of hydrogen-bond acceptors (Lipinski definition) is 5. The van der Waals surface area contributed by atoms with E-state index < -0.39 is 11.0 Å². The molecular weight excluding hydrogens is 320 g/mol. The van der Waals surface area contributed by atoms with E-state index in [2.05, 4.69) is 11.0 Å². The molecule has 0 saturated carbocycles. The molecule has 0 spiro atoms. The first-order valence-electron chi connectivity index (χ1n) is 8.36. The summed E-state index contributed by atoms with van der Waals surface area (Å²) in [5.41, 5.74) is 1.78. The number of ether oxygens (including phenoxy) is 1. The second kappa shape index (κ2) is 7.63. The van der Waals surface area contributed by atoms with Gasteiger partial charge in [-0.1, -0.05) is 30.3 Å². The van der Waals surface area contributed by atoms with Gasteiger partial charge >= 0.3 is 0 Å². The van der Waals surface area contributed by atoms with Crippen molar-refractivity contribution in [2.45, 2.75) is 18.4 Å². The summed E-state index contributed by atoms with van der Waals surface area (Å²) in [7, 11) is 1.68. The van der Waals surface area contributed by atoms with Crippen LogP contribution >= 0.6 is 0 Å². The van der Waals surface area contributed by atoms with E-state index in [1.54, 1.807) is 19.2 Å². The molecule has 1 aliphatic heterocycles. The molecule has 2 atom stereocenters. The number of aliphatic hydroxyl groups excluding tert-OH is 1. The molecule has 0 aromatic heterocycles. The van der Waals surface area contributed by atoms with Gasteiger partial charge in [0, 0.05) is 31.1 Å². The van der Waals surface area contributed by atoms with Gasteiger partial charge in [-0.25, -0.2) is 0 Å². The van der Waals surface area contributed by atoms with Crippen molar-refractivity contribution in [3.05, 3.63) is 69.8 Å². The van der Waals surface area contributed by atoms with Crippen LogP contribution in [0.4, 0.5) is 5.69 Å². The highest BCUT2D eigenvalue weighted by atomic mass is 16.6. The number of nitrogens with zero attached hydrogens (tertiary/aromatic N) is 2. The molecular formula is C19H22N2O4. The third-order valence-electron chi connectivity index (χ3n) is 4.75. The Morgan fingerprint density at radius 3 is 2.88 bits per heavy atom. The highest BCUT2D eigenvalue weighted by molar-refractivity contribution is 5.37. The Morgan fingerprint density at radius 2 is 2.12 bits per heavy atom. The van der Waals surface area contributed by atoms with Gasteiger partial charge in [-0.3, -0.25) is 15.0 Å². The Balaban J connectivity index is 1.65. The molecule has 0 bridgehead atoms. The first-order valence-corrected chi connectivity index (χ1v) is 8.36. The van der Waals surface area contributed by atoms with Crippen LogP contribution in [0.25, 0.3) is 0 Å². The lowest BCUT2D eigenvalue weighted by Gasteiger charge is -2.21. The van der Waals surface area contributed by atoms with Gasteiger partial charge in [-0.2, -0.15) is 0 Å². The molecule has 0 radical (unpaired) electrons. The summed E-state index contributed by atoms with van der Waals surface area (Å²) >= 11 is 0. The lowest BCUT2D eigenvalue weighted by atomic mass is 9.97. The van der Waals surface area contributed by atoms with Crippen LogP contribution < -0.4 is 4.74 Å². The van der Waals surface area contributed by atoms with Crippen molar-refractivity contribution in [3.63, 3.8) is 0 Å². The van der Waals surface area contributed by atoms with Crippen LogP contribution in [0.15, 0.2) is 48.5 Å². The Hall–Kier alpha value is -2.44. The zero-order valence-electron chi connectivity index (χ0n) is 14.2. The zero-order valence-corrected chi connectivity index (χ0v) is 14.2. The molecule has 2 aromatic rings. The first kappa shape index (κ1) is 17.4. The van der Waals surface area contributed by atoms with E-state index in [-0.39, 0.29) is 5.69 Å². The van der Waals surface area contributed by atoms with Crippen molar-refractivity contribution in [3.8, 4) is 5.75 Å². The summed E-state index contributed by atoms with van der Waals surface area (Å²) < 4.78 is 5.45. The number of hydrogen-bond donors (Lipinski definition) is 1. The van der Waals surface area contributed by atoms with Crippen molar-refractivity contribution in [2.24, 2.45) is 0 Å². The Bertz CT molecular complexity index is 750. The average molecular weight is 342 g/mol. The third-order valence-corrected chi connectivity index (χ3v) is 4.75. The highest BCUT2D eigenvalue weighted by Crippen LogP contribution is 2.34. The fraction of sp³-hybridized carbons (Fsp3) is 0.368. The Morgan fingerprint density at radius 1 is 1.32 bits per heavy atom. The van der Waals surface area contributed by atoms with Gasteiger partial charge in [-0.15, -0.1) is 0 Å². The number of likely N-dealkylation sites (tertiary alicyclic amines) is 1. The summed E-state index contributed by atoms with van der Waals surface area (Å²) in [6.07, 6.45) is 0.262. The van der Waals surface area contributed by atoms with Crippen molar-refractivity contribution in [1.29, 1.82) is 0 Å². The van der Waals surface area contributed by atoms with Crippen molar-refractivity contribution >= 4 is 5.69 Å². The van der Waals surface area contributed by atoms with E-state index in [1.807, 2.05) is 18.2 Å². The molecule has 1 aliphatic rings. The maximum Gasteiger partial charge on any atom is 0.269 e. The summed E-state index contributed by atoms with van der Waals surface area (Å²) in [5.74, 6) is 1.27. The second-order valence-electron chi connectivity index (χ2n) is 6.36. The van der Waals surface area contributed by atoms with E-state index in [4.69, 9.17) is 4.74 Å². The smallest absolute Gasteiger partial charge is 0.269 e. The summed E-state index contributed by atoms with van der Waals surface area (Å²) in [6, 6.07) is 14.2. The standard InChI is InChI=1S/C19H22N2O4/c1-25-19-8-3-2-7-17(19)15-9-10-20(12-15)13-18(22)14-5-4-6-16(11-14)21(23)24/h2-8,11,15,18,22H,9-10,12-13H2,1H3/t15-,18-/m0/s1. The molecule has 6 heteroatoms. The third kappa shape index (κ3) is 3.97. The molecule has 0 amide bonds. The van der Waals surface area contributed by atoms with Gasteiger partial charge in [0.1, 0.15) is 5.75 Å².